The van der Waals surface area contributed by atoms with E-state index in [1.54, 1.807) is 0 Å². The van der Waals surface area contributed by atoms with Gasteiger partial charge in [-0.05, 0) is 23.9 Å². The molecule has 1 amide bonds. The van der Waals surface area contributed by atoms with Crippen molar-refractivity contribution >= 4 is 51.0 Å². The van der Waals surface area contributed by atoms with Crippen molar-refractivity contribution in [2.45, 2.75) is 0 Å². The molecule has 2 rings (SSSR count). The fraction of sp³-hybridized carbons (Fsp3) is 0.200. The Labute approximate surface area is 151 Å². The van der Waals surface area contributed by atoms with Crippen molar-refractivity contribution in [2.75, 3.05) is 19.0 Å². The zero-order chi connectivity index (χ0) is 17.4. The van der Waals surface area contributed by atoms with E-state index in [1.165, 1.54) is 13.3 Å². The number of nitrogens with zero attached hydrogens (tertiary/aromatic N) is 2. The van der Waals surface area contributed by atoms with Gasteiger partial charge in [-0.15, -0.1) is 5.10 Å². The number of amides is 1. The summed E-state index contributed by atoms with van der Waals surface area (Å²) in [6.07, 6.45) is 2.64. The van der Waals surface area contributed by atoms with E-state index >= 15 is 0 Å². The minimum absolute atomic E-state index is 0.205. The molecule has 0 aliphatic carbocycles. The minimum Gasteiger partial charge on any atom is -0.492 e. The molecule has 1 aromatic rings. The summed E-state index contributed by atoms with van der Waals surface area (Å²) in [7, 11) is 1.24. The lowest BCUT2D eigenvalue weighted by molar-refractivity contribution is -0.135. The van der Waals surface area contributed by atoms with E-state index in [4.69, 9.17) is 4.74 Å². The summed E-state index contributed by atoms with van der Waals surface area (Å²) in [4.78, 5) is 23.0. The maximum Gasteiger partial charge on any atom is 0.331 e. The molecule has 0 saturated carbocycles. The Kier molecular flexibility index (Phi) is 7.01. The monoisotopic (exact) mass is 411 g/mol. The summed E-state index contributed by atoms with van der Waals surface area (Å²) in [6.45, 7) is 0.535. The van der Waals surface area contributed by atoms with E-state index in [9.17, 15) is 9.59 Å². The van der Waals surface area contributed by atoms with Crippen LogP contribution < -0.4 is 10.1 Å². The molecular weight excluding hydrogens is 398 g/mol. The number of ether oxygens (including phenoxy) is 2. The first-order valence-corrected chi connectivity index (χ1v) is 8.75. The van der Waals surface area contributed by atoms with Crippen LogP contribution in [0, 0.1) is 0 Å². The molecule has 0 spiro atoms. The molecule has 7 nitrogen and oxygen atoms in total. The van der Waals surface area contributed by atoms with Crippen molar-refractivity contribution in [2.24, 2.45) is 10.2 Å². The number of methoxy groups -OCH3 is 1. The number of carbonyl (C=O) groups excluding carboxylic acids is 2. The number of hydrogen-bond acceptors (Lipinski definition) is 7. The molecule has 126 valence electrons. The molecule has 24 heavy (non-hydrogen) atoms. The third-order valence-electron chi connectivity index (χ3n) is 2.70. The molecule has 1 saturated heterocycles. The largest absolute Gasteiger partial charge is 0.492 e. The first-order valence-electron chi connectivity index (χ1n) is 6.81. The lowest BCUT2D eigenvalue weighted by atomic mass is 10.2. The van der Waals surface area contributed by atoms with Crippen molar-refractivity contribution in [3.05, 3.63) is 40.8 Å². The summed E-state index contributed by atoms with van der Waals surface area (Å²) < 4.78 is 10.1. The van der Waals surface area contributed by atoms with E-state index in [0.717, 1.165) is 28.7 Å². The predicted octanol–water partition coefficient (Wildman–Crippen LogP) is 2.07. The molecule has 9 heteroatoms. The van der Waals surface area contributed by atoms with Gasteiger partial charge in [0.05, 0.1) is 24.8 Å². The molecule has 1 N–H and O–H groups in total. The average molecular weight is 412 g/mol. The first-order chi connectivity index (χ1) is 11.6. The maximum absolute atomic E-state index is 11.7. The van der Waals surface area contributed by atoms with Crippen LogP contribution in [-0.4, -0.2) is 42.3 Å². The summed E-state index contributed by atoms with van der Waals surface area (Å²) >= 11 is 4.31. The van der Waals surface area contributed by atoms with Crippen LogP contribution in [0.1, 0.15) is 5.56 Å². The van der Waals surface area contributed by atoms with Crippen molar-refractivity contribution in [1.82, 2.24) is 5.32 Å². The van der Waals surface area contributed by atoms with Crippen LogP contribution in [0.2, 0.25) is 0 Å². The molecular formula is C15H14BrN3O4S. The molecule has 1 aromatic carbocycles. The summed E-state index contributed by atoms with van der Waals surface area (Å²) in [5.74, 6) is -0.328. The number of carbonyl (C=O) groups is 2. The number of amidine groups is 1. The molecule has 1 aliphatic rings. The zero-order valence-electron chi connectivity index (χ0n) is 12.7. The average Bonchev–Trinajstić information content (AvgIpc) is 2.93. The number of thioether (sulfide) groups is 1. The third-order valence-corrected chi connectivity index (χ3v) is 3.92. The number of hydrogen-bond donors (Lipinski definition) is 1. The predicted molar refractivity (Wildman–Crippen MR) is 96.6 cm³/mol. The van der Waals surface area contributed by atoms with Gasteiger partial charge in [0, 0.05) is 17.0 Å². The topological polar surface area (TPSA) is 89.3 Å². The standard InChI is InChI=1S/C15H14BrN3O4S/c1-22-13(20)8-12-14(21)18-15(24-12)19-17-9-10-4-2-3-5-11(10)23-7-6-16/h2-5,8-9H,6-7H2,1H3,(H,18,19,21)/b12-8+,17-9?. The molecule has 0 bridgehead atoms. The number of rotatable bonds is 6. The lowest BCUT2D eigenvalue weighted by Gasteiger charge is -2.06. The van der Waals surface area contributed by atoms with Gasteiger partial charge in [0.2, 0.25) is 0 Å². The van der Waals surface area contributed by atoms with Gasteiger partial charge in [0.15, 0.2) is 5.17 Å². The Morgan fingerprint density at radius 2 is 2.21 bits per heavy atom. The van der Waals surface area contributed by atoms with Crippen LogP contribution in [-0.2, 0) is 14.3 Å². The number of alkyl halides is 1. The van der Waals surface area contributed by atoms with Gasteiger partial charge in [0.1, 0.15) is 5.75 Å². The van der Waals surface area contributed by atoms with Crippen LogP contribution in [0.15, 0.2) is 45.4 Å². The summed E-state index contributed by atoms with van der Waals surface area (Å²) in [6, 6.07) is 7.40. The van der Waals surface area contributed by atoms with Gasteiger partial charge < -0.3 is 9.47 Å². The number of para-hydroxylation sites is 1. The van der Waals surface area contributed by atoms with Gasteiger partial charge in [-0.1, -0.05) is 28.1 Å². The summed E-state index contributed by atoms with van der Waals surface area (Å²) in [5.41, 5.74) is 0.766. The van der Waals surface area contributed by atoms with Crippen LogP contribution in [0.25, 0.3) is 0 Å². The molecule has 0 atom stereocenters. The van der Waals surface area contributed by atoms with E-state index in [2.05, 4.69) is 36.2 Å². The van der Waals surface area contributed by atoms with Crippen molar-refractivity contribution < 1.29 is 19.1 Å². The van der Waals surface area contributed by atoms with Gasteiger partial charge in [-0.3, -0.25) is 10.1 Å². The van der Waals surface area contributed by atoms with E-state index in [-0.39, 0.29) is 10.1 Å². The Morgan fingerprint density at radius 3 is 2.96 bits per heavy atom. The van der Waals surface area contributed by atoms with Crippen LogP contribution in [0.4, 0.5) is 0 Å². The van der Waals surface area contributed by atoms with Crippen molar-refractivity contribution in [1.29, 1.82) is 0 Å². The lowest BCUT2D eigenvalue weighted by Crippen LogP contribution is -2.19. The number of benzene rings is 1. The van der Waals surface area contributed by atoms with Crippen molar-refractivity contribution in [3.8, 4) is 5.75 Å². The number of halogens is 1. The van der Waals surface area contributed by atoms with Crippen LogP contribution in [0.3, 0.4) is 0 Å². The number of esters is 1. The Hall–Kier alpha value is -2.13. The Bertz CT molecular complexity index is 718. The smallest absolute Gasteiger partial charge is 0.331 e. The second kappa shape index (κ2) is 9.24. The third kappa shape index (κ3) is 5.20. The van der Waals surface area contributed by atoms with Gasteiger partial charge in [-0.2, -0.15) is 5.10 Å². The van der Waals surface area contributed by atoms with Gasteiger partial charge in [-0.25, -0.2) is 4.79 Å². The first kappa shape index (κ1) is 18.2. The van der Waals surface area contributed by atoms with Crippen molar-refractivity contribution in [3.63, 3.8) is 0 Å². The van der Waals surface area contributed by atoms with Gasteiger partial charge in [0.25, 0.3) is 5.91 Å². The molecule has 1 fully saturated rings. The highest BCUT2D eigenvalue weighted by Crippen LogP contribution is 2.23. The minimum atomic E-state index is -0.602. The molecule has 0 radical (unpaired) electrons. The van der Waals surface area contributed by atoms with Crippen LogP contribution in [0.5, 0.6) is 5.75 Å². The van der Waals surface area contributed by atoms with Crippen LogP contribution >= 0.6 is 27.7 Å². The summed E-state index contributed by atoms with van der Waals surface area (Å²) in [5, 5.41) is 11.4. The fourth-order valence-electron chi connectivity index (χ4n) is 1.65. The normalized spacial score (nSPS) is 17.5. The second-order valence-corrected chi connectivity index (χ2v) is 6.14. The highest BCUT2D eigenvalue weighted by atomic mass is 79.9. The highest BCUT2D eigenvalue weighted by molar-refractivity contribution is 9.09. The molecule has 1 heterocycles. The Morgan fingerprint density at radius 1 is 1.42 bits per heavy atom. The highest BCUT2D eigenvalue weighted by Gasteiger charge is 2.24. The van der Waals surface area contributed by atoms with E-state index < -0.39 is 11.9 Å². The quantitative estimate of drug-likeness (QED) is 0.254. The molecule has 0 aromatic heterocycles. The second-order valence-electron chi connectivity index (χ2n) is 4.31. The van der Waals surface area contributed by atoms with E-state index in [1.807, 2.05) is 24.3 Å². The Balaban J connectivity index is 2.06. The maximum atomic E-state index is 11.7. The molecule has 1 aliphatic heterocycles. The van der Waals surface area contributed by atoms with E-state index in [0.29, 0.717) is 12.4 Å². The fourth-order valence-corrected chi connectivity index (χ4v) is 2.55. The van der Waals surface area contributed by atoms with Gasteiger partial charge >= 0.3 is 5.97 Å². The molecule has 0 unspecified atom stereocenters. The zero-order valence-corrected chi connectivity index (χ0v) is 15.1. The SMILES string of the molecule is COC(=O)/C=C1/S/C(=N\N=Cc2ccccc2OCCBr)NC1=O. The number of nitrogens with one attached hydrogen (secondary N) is 1.